The molecular weight excluding hydrogens is 660 g/mol. The number of Topliss-reactive ketones (excluding diaryl/α,β-unsaturated/α-hetero) is 1. The lowest BCUT2D eigenvalue weighted by atomic mass is 9.83. The first-order valence-corrected chi connectivity index (χ1v) is 17.1. The van der Waals surface area contributed by atoms with E-state index in [0.29, 0.717) is 65.2 Å². The Morgan fingerprint density at radius 1 is 0.784 bits per heavy atom. The SMILES string of the molecule is CN1/C(=C/C=C2\C=C([N+](=O)[O-])C=C(CN3CCCN(CC(=O)O)CCN(CC(=O)O)CCCN(CC(=O)O)CC3)C2=O)C(C)(C)c2ccccc21. The van der Waals surface area contributed by atoms with Crippen LogP contribution in [0.15, 0.2) is 71.1 Å². The Balaban J connectivity index is 1.58. The van der Waals surface area contributed by atoms with Crippen molar-refractivity contribution in [3.63, 3.8) is 0 Å². The molecule has 0 unspecified atom stereocenters. The molecule has 0 saturated carbocycles. The van der Waals surface area contributed by atoms with Crippen LogP contribution in [0.25, 0.3) is 0 Å². The third kappa shape index (κ3) is 10.7. The van der Waals surface area contributed by atoms with Gasteiger partial charge in [0.05, 0.1) is 24.6 Å². The van der Waals surface area contributed by atoms with Crippen molar-refractivity contribution in [1.29, 1.82) is 0 Å². The van der Waals surface area contributed by atoms with Gasteiger partial charge >= 0.3 is 17.9 Å². The number of likely N-dealkylation sites (N-methyl/N-ethyl adjacent to an activating group) is 1. The van der Waals surface area contributed by atoms with E-state index in [-0.39, 0.29) is 54.2 Å². The third-order valence-corrected chi connectivity index (χ3v) is 9.58. The smallest absolute Gasteiger partial charge is 0.317 e. The zero-order chi connectivity index (χ0) is 37.3. The largest absolute Gasteiger partial charge is 0.480 e. The maximum Gasteiger partial charge on any atom is 0.317 e. The van der Waals surface area contributed by atoms with Crippen LogP contribution in [0.2, 0.25) is 0 Å². The second-order valence-corrected chi connectivity index (χ2v) is 13.7. The molecule has 1 aliphatic carbocycles. The Morgan fingerprint density at radius 3 is 1.76 bits per heavy atom. The molecule has 0 aromatic heterocycles. The predicted molar refractivity (Wildman–Crippen MR) is 190 cm³/mol. The van der Waals surface area contributed by atoms with Gasteiger partial charge in [0, 0.05) is 99.5 Å². The third-order valence-electron chi connectivity index (χ3n) is 9.58. The zero-order valence-corrected chi connectivity index (χ0v) is 29.5. The zero-order valence-electron chi connectivity index (χ0n) is 29.5. The number of benzene rings is 1. The van der Waals surface area contributed by atoms with E-state index in [4.69, 9.17) is 0 Å². The summed E-state index contributed by atoms with van der Waals surface area (Å²) in [4.78, 5) is 69.4. The first-order chi connectivity index (χ1) is 24.1. The van der Waals surface area contributed by atoms with Gasteiger partial charge in [0.2, 0.25) is 0 Å². The van der Waals surface area contributed by atoms with Crippen LogP contribution in [0.3, 0.4) is 0 Å². The van der Waals surface area contributed by atoms with Crippen molar-refractivity contribution in [3.8, 4) is 0 Å². The molecule has 0 bridgehead atoms. The van der Waals surface area contributed by atoms with Gasteiger partial charge in [-0.3, -0.25) is 48.9 Å². The summed E-state index contributed by atoms with van der Waals surface area (Å²) in [6.07, 6.45) is 7.02. The van der Waals surface area contributed by atoms with E-state index >= 15 is 0 Å². The molecule has 4 rings (SSSR count). The number of carbonyl (C=O) groups is 4. The van der Waals surface area contributed by atoms with Crippen LogP contribution < -0.4 is 4.90 Å². The average molecular weight is 709 g/mol. The maximum atomic E-state index is 13.9. The van der Waals surface area contributed by atoms with E-state index < -0.39 is 22.8 Å². The fraction of sp³-hybridized carbons (Fsp3) is 0.500. The van der Waals surface area contributed by atoms with Crippen LogP contribution in [0.5, 0.6) is 0 Å². The molecule has 0 atom stereocenters. The normalized spacial score (nSPS) is 21.9. The molecule has 1 aromatic rings. The molecule has 1 fully saturated rings. The molecule has 1 saturated heterocycles. The van der Waals surface area contributed by atoms with Crippen molar-refractivity contribution in [3.05, 3.63) is 86.8 Å². The van der Waals surface area contributed by atoms with E-state index in [9.17, 15) is 44.6 Å². The van der Waals surface area contributed by atoms with E-state index in [2.05, 4.69) is 24.8 Å². The van der Waals surface area contributed by atoms with Gasteiger partial charge in [0.25, 0.3) is 5.70 Å². The second-order valence-electron chi connectivity index (χ2n) is 13.7. The van der Waals surface area contributed by atoms with Gasteiger partial charge in [-0.15, -0.1) is 0 Å². The molecule has 3 aliphatic rings. The highest BCUT2D eigenvalue weighted by Gasteiger charge is 2.38. The van der Waals surface area contributed by atoms with Gasteiger partial charge in [-0.05, 0) is 43.2 Å². The fourth-order valence-electron chi connectivity index (χ4n) is 7.01. The van der Waals surface area contributed by atoms with Gasteiger partial charge in [0.15, 0.2) is 5.78 Å². The van der Waals surface area contributed by atoms with Gasteiger partial charge in [-0.1, -0.05) is 32.0 Å². The Hall–Kier alpha value is -4.70. The minimum Gasteiger partial charge on any atom is -0.480 e. The first-order valence-electron chi connectivity index (χ1n) is 17.1. The number of carboxylic acids is 3. The van der Waals surface area contributed by atoms with Crippen LogP contribution in [0.4, 0.5) is 5.69 Å². The van der Waals surface area contributed by atoms with Crippen molar-refractivity contribution in [2.24, 2.45) is 0 Å². The van der Waals surface area contributed by atoms with Gasteiger partial charge in [-0.25, -0.2) is 0 Å². The molecule has 15 heteroatoms. The van der Waals surface area contributed by atoms with Crippen molar-refractivity contribution >= 4 is 29.4 Å². The summed E-state index contributed by atoms with van der Waals surface area (Å²) in [5, 5.41) is 40.5. The monoisotopic (exact) mass is 708 g/mol. The molecule has 51 heavy (non-hydrogen) atoms. The quantitative estimate of drug-likeness (QED) is 0.182. The summed E-state index contributed by atoms with van der Waals surface area (Å²) < 4.78 is 0. The van der Waals surface area contributed by atoms with Crippen LogP contribution in [-0.4, -0.2) is 149 Å². The molecular formula is C36H48N6O9. The van der Waals surface area contributed by atoms with Crippen LogP contribution in [-0.2, 0) is 24.6 Å². The van der Waals surface area contributed by atoms with Gasteiger partial charge < -0.3 is 20.2 Å². The number of anilines is 1. The number of fused-ring (bicyclic) bond motifs is 1. The molecule has 15 nitrogen and oxygen atoms in total. The van der Waals surface area contributed by atoms with E-state index in [1.165, 1.54) is 12.2 Å². The number of ketones is 1. The summed E-state index contributed by atoms with van der Waals surface area (Å²) in [6.45, 7) is 6.41. The molecule has 276 valence electrons. The van der Waals surface area contributed by atoms with E-state index in [1.54, 1.807) is 20.8 Å². The number of aliphatic carboxylic acids is 3. The fourth-order valence-corrected chi connectivity index (χ4v) is 7.01. The van der Waals surface area contributed by atoms with E-state index in [1.807, 2.05) is 36.2 Å². The summed E-state index contributed by atoms with van der Waals surface area (Å²) in [6, 6.07) is 8.02. The molecule has 0 spiro atoms. The number of hydrogen-bond acceptors (Lipinski definition) is 11. The number of carbonyl (C=O) groups excluding carboxylic acids is 1. The molecule has 2 aliphatic heterocycles. The van der Waals surface area contributed by atoms with E-state index in [0.717, 1.165) is 16.9 Å². The van der Waals surface area contributed by atoms with Crippen molar-refractivity contribution < 1.29 is 39.4 Å². The summed E-state index contributed by atoms with van der Waals surface area (Å²) in [5.74, 6) is -3.37. The summed E-state index contributed by atoms with van der Waals surface area (Å²) >= 11 is 0. The maximum absolute atomic E-state index is 13.9. The Labute approximate surface area is 297 Å². The van der Waals surface area contributed by atoms with Crippen LogP contribution >= 0.6 is 0 Å². The standard InChI is InChI=1S/C36H48N6O9/c1-36(2)29-8-4-5-9-30(29)37(3)31(36)11-10-26-20-28(42(50)51)21-27(35(26)49)22-38-12-6-13-40(24-33(45)46)18-19-41(25-34(47)48)15-7-14-39(17-16-38)23-32(43)44/h4-5,8-11,20-21H,6-7,12-19,22-25H2,1-3H3,(H,43,44)(H,45,46)(H,47,48)/b26-10+,31-11+. The van der Waals surface area contributed by atoms with Crippen molar-refractivity contribution in [2.75, 3.05) is 90.5 Å². The minimum absolute atomic E-state index is 0.0704. The highest BCUT2D eigenvalue weighted by Crippen LogP contribution is 2.46. The second kappa shape index (κ2) is 17.5. The van der Waals surface area contributed by atoms with Gasteiger partial charge in [-0.2, -0.15) is 0 Å². The molecule has 0 amide bonds. The number of rotatable bonds is 10. The number of allylic oxidation sites excluding steroid dienone is 6. The lowest BCUT2D eigenvalue weighted by Gasteiger charge is -2.31. The predicted octanol–water partition coefficient (Wildman–Crippen LogP) is 2.15. The Bertz CT molecular complexity index is 1630. The Morgan fingerprint density at radius 2 is 1.27 bits per heavy atom. The number of hydrogen-bond donors (Lipinski definition) is 3. The minimum atomic E-state index is -1.01. The van der Waals surface area contributed by atoms with Crippen molar-refractivity contribution in [1.82, 2.24) is 19.6 Å². The molecule has 3 N–H and O–H groups in total. The van der Waals surface area contributed by atoms with Crippen molar-refractivity contribution in [2.45, 2.75) is 32.1 Å². The van der Waals surface area contributed by atoms with Gasteiger partial charge in [0.1, 0.15) is 0 Å². The molecule has 2 heterocycles. The summed E-state index contributed by atoms with van der Waals surface area (Å²) in [5.41, 5.74) is 2.94. The highest BCUT2D eigenvalue weighted by molar-refractivity contribution is 6.12. The average Bonchev–Trinajstić information content (AvgIpc) is 3.24. The topological polar surface area (TPSA) is 188 Å². The number of para-hydroxylation sites is 1. The Kier molecular flexibility index (Phi) is 13.4. The van der Waals surface area contributed by atoms with Crippen LogP contribution in [0.1, 0.15) is 32.3 Å². The summed E-state index contributed by atoms with van der Waals surface area (Å²) in [7, 11) is 1.95. The highest BCUT2D eigenvalue weighted by atomic mass is 16.6. The van der Waals surface area contributed by atoms with Crippen LogP contribution in [0, 0.1) is 10.1 Å². The molecule has 1 aromatic carbocycles. The first kappa shape index (κ1) is 39.1. The number of carboxylic acid groups (broad SMARTS) is 3. The lowest BCUT2D eigenvalue weighted by Crippen LogP contribution is -2.44. The molecule has 0 radical (unpaired) electrons. The number of nitrogens with zero attached hydrogens (tertiary/aromatic N) is 6. The number of nitro groups is 1. The lowest BCUT2D eigenvalue weighted by molar-refractivity contribution is -0.419.